The molecular weight excluding hydrogens is 287 g/mol. The van der Waals surface area contributed by atoms with Gasteiger partial charge in [0, 0.05) is 19.0 Å². The van der Waals surface area contributed by atoms with Crippen molar-refractivity contribution in [2.24, 2.45) is 11.7 Å². The standard InChI is InChI=1S/C13H16ClFN2O3/c14-10-2-1-8(5-11(10)15)12-9(6-16)7-17(13(18)19)3-4-20-12/h1-2,5,9,12H,3-4,6-7,16H2,(H,18,19)/t9-,12?/m1/s1. The Morgan fingerprint density at radius 3 is 2.95 bits per heavy atom. The maximum absolute atomic E-state index is 13.5. The maximum Gasteiger partial charge on any atom is 0.407 e. The van der Waals surface area contributed by atoms with Gasteiger partial charge in [-0.1, -0.05) is 17.7 Å². The summed E-state index contributed by atoms with van der Waals surface area (Å²) in [5, 5.41) is 9.11. The van der Waals surface area contributed by atoms with Crippen molar-refractivity contribution in [2.75, 3.05) is 26.2 Å². The van der Waals surface area contributed by atoms with Crippen molar-refractivity contribution < 1.29 is 19.0 Å². The largest absolute Gasteiger partial charge is 0.465 e. The molecule has 1 heterocycles. The molecule has 0 aromatic heterocycles. The molecule has 1 amide bonds. The van der Waals surface area contributed by atoms with Crippen LogP contribution in [0, 0.1) is 11.7 Å². The predicted octanol–water partition coefficient (Wildman–Crippen LogP) is 2.11. The Labute approximate surface area is 121 Å². The normalized spacial score (nSPS) is 23.4. The van der Waals surface area contributed by atoms with Crippen molar-refractivity contribution in [2.45, 2.75) is 6.10 Å². The zero-order chi connectivity index (χ0) is 14.7. The van der Waals surface area contributed by atoms with Crippen LogP contribution >= 0.6 is 11.6 Å². The lowest BCUT2D eigenvalue weighted by Gasteiger charge is -2.25. The van der Waals surface area contributed by atoms with E-state index in [9.17, 15) is 9.18 Å². The van der Waals surface area contributed by atoms with Crippen LogP contribution in [0.5, 0.6) is 0 Å². The molecule has 1 aliphatic heterocycles. The van der Waals surface area contributed by atoms with Crippen molar-refractivity contribution in [1.82, 2.24) is 4.90 Å². The summed E-state index contributed by atoms with van der Waals surface area (Å²) in [5.74, 6) is -0.753. The highest BCUT2D eigenvalue weighted by atomic mass is 35.5. The van der Waals surface area contributed by atoms with E-state index in [2.05, 4.69) is 0 Å². The first-order valence-electron chi connectivity index (χ1n) is 6.27. The van der Waals surface area contributed by atoms with Crippen LogP contribution in [-0.2, 0) is 4.74 Å². The van der Waals surface area contributed by atoms with E-state index in [0.29, 0.717) is 5.56 Å². The minimum Gasteiger partial charge on any atom is -0.465 e. The Morgan fingerprint density at radius 2 is 2.35 bits per heavy atom. The van der Waals surface area contributed by atoms with Gasteiger partial charge in [-0.05, 0) is 24.2 Å². The van der Waals surface area contributed by atoms with Crippen LogP contribution in [0.3, 0.4) is 0 Å². The van der Waals surface area contributed by atoms with E-state index in [-0.39, 0.29) is 37.2 Å². The Balaban J connectivity index is 2.24. The molecule has 1 saturated heterocycles. The lowest BCUT2D eigenvalue weighted by atomic mass is 9.95. The third kappa shape index (κ3) is 3.20. The van der Waals surface area contributed by atoms with Crippen molar-refractivity contribution in [3.63, 3.8) is 0 Å². The van der Waals surface area contributed by atoms with E-state index >= 15 is 0 Å². The van der Waals surface area contributed by atoms with Gasteiger partial charge in [-0.2, -0.15) is 0 Å². The molecule has 110 valence electrons. The molecule has 1 unspecified atom stereocenters. The van der Waals surface area contributed by atoms with Gasteiger partial charge in [0.05, 0.1) is 17.7 Å². The topological polar surface area (TPSA) is 75.8 Å². The minimum absolute atomic E-state index is 0.0406. The van der Waals surface area contributed by atoms with Gasteiger partial charge in [0.2, 0.25) is 0 Å². The molecule has 0 saturated carbocycles. The lowest BCUT2D eigenvalue weighted by Crippen LogP contribution is -2.37. The number of nitrogens with zero attached hydrogens (tertiary/aromatic N) is 1. The maximum atomic E-state index is 13.5. The Kier molecular flexibility index (Phi) is 4.80. The summed E-state index contributed by atoms with van der Waals surface area (Å²) in [6, 6.07) is 4.45. The van der Waals surface area contributed by atoms with Crippen molar-refractivity contribution >= 4 is 17.7 Å². The molecule has 1 aromatic rings. The number of nitrogens with two attached hydrogens (primary N) is 1. The fourth-order valence-electron chi connectivity index (χ4n) is 2.33. The average Bonchev–Trinajstić information content (AvgIpc) is 2.64. The van der Waals surface area contributed by atoms with Gasteiger partial charge in [-0.3, -0.25) is 0 Å². The van der Waals surface area contributed by atoms with Crippen LogP contribution in [0.4, 0.5) is 9.18 Å². The Bertz CT molecular complexity index is 501. The molecule has 7 heteroatoms. The number of ether oxygens (including phenoxy) is 1. The van der Waals surface area contributed by atoms with Crippen molar-refractivity contribution in [3.05, 3.63) is 34.6 Å². The molecule has 5 nitrogen and oxygen atoms in total. The molecule has 2 rings (SSSR count). The molecule has 0 radical (unpaired) electrons. The van der Waals surface area contributed by atoms with Crippen molar-refractivity contribution in [3.8, 4) is 0 Å². The molecule has 0 spiro atoms. The predicted molar refractivity (Wildman–Crippen MR) is 72.2 cm³/mol. The monoisotopic (exact) mass is 302 g/mol. The number of hydrogen-bond donors (Lipinski definition) is 2. The Hall–Kier alpha value is -1.37. The van der Waals surface area contributed by atoms with E-state index in [1.165, 1.54) is 17.0 Å². The fraction of sp³-hybridized carbons (Fsp3) is 0.462. The zero-order valence-corrected chi connectivity index (χ0v) is 11.5. The molecule has 2 atom stereocenters. The van der Waals surface area contributed by atoms with Gasteiger partial charge in [-0.15, -0.1) is 0 Å². The second-order valence-electron chi connectivity index (χ2n) is 4.69. The van der Waals surface area contributed by atoms with Crippen LogP contribution in [0.25, 0.3) is 0 Å². The molecule has 1 aliphatic rings. The number of carboxylic acid groups (broad SMARTS) is 1. The number of rotatable bonds is 2. The van der Waals surface area contributed by atoms with Gasteiger partial charge in [0.15, 0.2) is 0 Å². The smallest absolute Gasteiger partial charge is 0.407 e. The highest BCUT2D eigenvalue weighted by Crippen LogP contribution is 2.30. The molecule has 20 heavy (non-hydrogen) atoms. The number of halogens is 2. The third-order valence-electron chi connectivity index (χ3n) is 3.39. The highest BCUT2D eigenvalue weighted by molar-refractivity contribution is 6.30. The lowest BCUT2D eigenvalue weighted by molar-refractivity contribution is 0.0329. The van der Waals surface area contributed by atoms with Crippen LogP contribution in [0.2, 0.25) is 5.02 Å². The van der Waals surface area contributed by atoms with Gasteiger partial charge in [0.25, 0.3) is 0 Å². The van der Waals surface area contributed by atoms with Crippen LogP contribution in [-0.4, -0.2) is 42.3 Å². The van der Waals surface area contributed by atoms with E-state index in [1.54, 1.807) is 6.07 Å². The highest BCUT2D eigenvalue weighted by Gasteiger charge is 2.30. The van der Waals surface area contributed by atoms with E-state index in [1.807, 2.05) is 0 Å². The molecule has 3 N–H and O–H groups in total. The molecular formula is C13H16ClFN2O3. The zero-order valence-electron chi connectivity index (χ0n) is 10.8. The molecule has 1 aromatic carbocycles. The van der Waals surface area contributed by atoms with E-state index in [4.69, 9.17) is 27.2 Å². The molecule has 0 aliphatic carbocycles. The number of amides is 1. The first-order valence-corrected chi connectivity index (χ1v) is 6.65. The molecule has 0 bridgehead atoms. The number of benzene rings is 1. The second-order valence-corrected chi connectivity index (χ2v) is 5.10. The molecule has 1 fully saturated rings. The van der Waals surface area contributed by atoms with E-state index < -0.39 is 18.0 Å². The van der Waals surface area contributed by atoms with Crippen molar-refractivity contribution in [1.29, 1.82) is 0 Å². The number of carbonyl (C=O) groups is 1. The van der Waals surface area contributed by atoms with Gasteiger partial charge in [-0.25, -0.2) is 9.18 Å². The fourth-order valence-corrected chi connectivity index (χ4v) is 2.44. The first kappa shape index (κ1) is 15.0. The van der Waals surface area contributed by atoms with Crippen LogP contribution in [0.1, 0.15) is 11.7 Å². The van der Waals surface area contributed by atoms with Gasteiger partial charge < -0.3 is 20.5 Å². The van der Waals surface area contributed by atoms with Gasteiger partial charge in [0.1, 0.15) is 5.82 Å². The SMILES string of the molecule is NC[C@@H]1CN(C(=O)O)CCOC1c1ccc(Cl)c(F)c1. The van der Waals surface area contributed by atoms with Crippen LogP contribution in [0.15, 0.2) is 18.2 Å². The summed E-state index contributed by atoms with van der Waals surface area (Å²) < 4.78 is 19.2. The summed E-state index contributed by atoms with van der Waals surface area (Å²) in [5.41, 5.74) is 6.33. The Morgan fingerprint density at radius 1 is 1.60 bits per heavy atom. The summed E-state index contributed by atoms with van der Waals surface area (Å²) in [4.78, 5) is 12.3. The van der Waals surface area contributed by atoms with Crippen LogP contribution < -0.4 is 5.73 Å². The second kappa shape index (κ2) is 6.39. The van der Waals surface area contributed by atoms with E-state index in [0.717, 1.165) is 0 Å². The summed E-state index contributed by atoms with van der Waals surface area (Å²) >= 11 is 5.66. The third-order valence-corrected chi connectivity index (χ3v) is 3.69. The summed E-state index contributed by atoms with van der Waals surface area (Å²) in [7, 11) is 0. The van der Waals surface area contributed by atoms with Gasteiger partial charge >= 0.3 is 6.09 Å². The first-order chi connectivity index (χ1) is 9.52. The quantitative estimate of drug-likeness (QED) is 0.877. The number of hydrogen-bond acceptors (Lipinski definition) is 3. The summed E-state index contributed by atoms with van der Waals surface area (Å²) in [6.07, 6.45) is -1.44. The average molecular weight is 303 g/mol. The summed E-state index contributed by atoms with van der Waals surface area (Å²) in [6.45, 7) is 1.04. The minimum atomic E-state index is -1.00.